The van der Waals surface area contributed by atoms with E-state index >= 15 is 0 Å². The zero-order chi connectivity index (χ0) is 26.6. The first-order valence-electron chi connectivity index (χ1n) is 13.6. The minimum Gasteiger partial charge on any atom is -0.396 e. The van der Waals surface area contributed by atoms with E-state index in [-0.39, 0.29) is 41.5 Å². The van der Waals surface area contributed by atoms with Gasteiger partial charge < -0.3 is 19.8 Å². The van der Waals surface area contributed by atoms with Gasteiger partial charge in [-0.25, -0.2) is 0 Å². The molecule has 0 aromatic rings. The van der Waals surface area contributed by atoms with Crippen LogP contribution in [0.25, 0.3) is 0 Å². The summed E-state index contributed by atoms with van der Waals surface area (Å²) in [6.45, 7) is 17.8. The number of aliphatic hydroxyl groups is 1. The van der Waals surface area contributed by atoms with Crippen molar-refractivity contribution in [1.29, 1.82) is 0 Å². The second kappa shape index (κ2) is 12.2. The summed E-state index contributed by atoms with van der Waals surface area (Å²) < 4.78 is -0.633. The highest BCUT2D eigenvalue weighted by Crippen LogP contribution is 2.68. The van der Waals surface area contributed by atoms with Crippen molar-refractivity contribution in [3.8, 4) is 0 Å². The van der Waals surface area contributed by atoms with Gasteiger partial charge in [-0.15, -0.1) is 24.9 Å². The largest absolute Gasteiger partial charge is 0.396 e. The highest BCUT2D eigenvalue weighted by atomic mass is 32.2. The fraction of sp³-hybridized carbons (Fsp3) is 0.750. The molecule has 8 heteroatoms. The van der Waals surface area contributed by atoms with Crippen LogP contribution in [0, 0.1) is 17.8 Å². The third kappa shape index (κ3) is 4.75. The molecule has 3 aliphatic rings. The SMILES string of the molecule is C=CCN(CCC)C(=O)[C@@H]1[C@@H]2CC(C)C3(S2)C(C(=O)N(CC=C)C(C)CCC)N(CCCO)C(=O)[C@H]13. The van der Waals surface area contributed by atoms with E-state index in [0.29, 0.717) is 32.6 Å². The molecule has 0 aliphatic carbocycles. The lowest BCUT2D eigenvalue weighted by atomic mass is 9.65. The van der Waals surface area contributed by atoms with Crippen molar-refractivity contribution in [3.63, 3.8) is 0 Å². The number of fused-ring (bicyclic) bond motifs is 1. The van der Waals surface area contributed by atoms with E-state index < -0.39 is 22.6 Å². The fourth-order valence-electron chi connectivity index (χ4n) is 6.85. The Balaban J connectivity index is 2.07. The Kier molecular flexibility index (Phi) is 9.72. The van der Waals surface area contributed by atoms with Crippen LogP contribution in [0.15, 0.2) is 25.3 Å². The van der Waals surface area contributed by atoms with Crippen molar-refractivity contribution in [2.24, 2.45) is 17.8 Å². The smallest absolute Gasteiger partial charge is 0.247 e. The maximum absolute atomic E-state index is 14.4. The van der Waals surface area contributed by atoms with E-state index in [9.17, 15) is 19.5 Å². The van der Waals surface area contributed by atoms with Crippen molar-refractivity contribution in [2.45, 2.75) is 81.9 Å². The molecule has 202 valence electrons. The first-order valence-corrected chi connectivity index (χ1v) is 14.5. The number of hydrogen-bond acceptors (Lipinski definition) is 5. The number of rotatable bonds is 14. The summed E-state index contributed by atoms with van der Waals surface area (Å²) in [6, 6.07) is -0.614. The molecule has 3 saturated heterocycles. The van der Waals surface area contributed by atoms with Gasteiger partial charge in [0.2, 0.25) is 17.7 Å². The Bertz CT molecular complexity index is 851. The maximum Gasteiger partial charge on any atom is 0.247 e. The van der Waals surface area contributed by atoms with Crippen LogP contribution in [0.5, 0.6) is 0 Å². The van der Waals surface area contributed by atoms with E-state index in [0.717, 1.165) is 25.7 Å². The van der Waals surface area contributed by atoms with Gasteiger partial charge in [-0.1, -0.05) is 39.3 Å². The Morgan fingerprint density at radius 1 is 1.22 bits per heavy atom. The summed E-state index contributed by atoms with van der Waals surface area (Å²) in [7, 11) is 0. The van der Waals surface area contributed by atoms with Crippen molar-refractivity contribution < 1.29 is 19.5 Å². The molecule has 7 atom stereocenters. The number of hydrogen-bond donors (Lipinski definition) is 1. The minimum atomic E-state index is -0.636. The van der Waals surface area contributed by atoms with Crippen LogP contribution in [0.4, 0.5) is 0 Å². The van der Waals surface area contributed by atoms with Crippen LogP contribution in [0.2, 0.25) is 0 Å². The topological polar surface area (TPSA) is 81.2 Å². The van der Waals surface area contributed by atoms with Crippen molar-refractivity contribution in [3.05, 3.63) is 25.3 Å². The number of nitrogens with zero attached hydrogens (tertiary/aromatic N) is 3. The monoisotopic (exact) mass is 519 g/mol. The standard InChI is InChI=1S/C28H45N3O4S/c1-7-12-20(6)30(15-10-4)27(35)24-28-19(5)18-21(36-28)22(25(33)29(13-8-2)14-9-3)23(28)26(34)31(24)16-11-17-32/h8,10,19-24,32H,2,4,7,9,11-18H2,1,3,5-6H3/t19?,20?,21-,22+,23-,24?,28?/m0/s1. The molecule has 3 heterocycles. The highest BCUT2D eigenvalue weighted by Gasteiger charge is 2.76. The summed E-state index contributed by atoms with van der Waals surface area (Å²) in [5.41, 5.74) is 0. The number of thioether (sulfide) groups is 1. The lowest BCUT2D eigenvalue weighted by molar-refractivity contribution is -0.145. The fourth-order valence-corrected chi connectivity index (χ4v) is 9.26. The molecule has 3 rings (SSSR count). The molecule has 1 spiro atoms. The number of carbonyl (C=O) groups is 3. The normalized spacial score (nSPS) is 31.3. The molecule has 3 fully saturated rings. The molecule has 7 nitrogen and oxygen atoms in total. The minimum absolute atomic E-state index is 0.0129. The number of aliphatic hydroxyl groups excluding tert-OH is 1. The number of amides is 3. The van der Waals surface area contributed by atoms with Crippen LogP contribution in [0.1, 0.15) is 59.8 Å². The molecule has 3 amide bonds. The zero-order valence-electron chi connectivity index (χ0n) is 22.5. The van der Waals surface area contributed by atoms with Gasteiger partial charge in [0.25, 0.3) is 0 Å². The van der Waals surface area contributed by atoms with Gasteiger partial charge in [0.15, 0.2) is 0 Å². The van der Waals surface area contributed by atoms with Crippen molar-refractivity contribution >= 4 is 29.5 Å². The lowest BCUT2D eigenvalue weighted by Crippen LogP contribution is -2.58. The summed E-state index contributed by atoms with van der Waals surface area (Å²) in [5.74, 6) is -0.954. The molecule has 0 saturated carbocycles. The second-order valence-corrected chi connectivity index (χ2v) is 12.2. The molecule has 1 N–H and O–H groups in total. The number of likely N-dealkylation sites (tertiary alicyclic amines) is 1. The molecular formula is C28H45N3O4S. The van der Waals surface area contributed by atoms with Crippen LogP contribution >= 0.6 is 11.8 Å². The van der Waals surface area contributed by atoms with E-state index in [1.807, 2.05) is 16.7 Å². The Morgan fingerprint density at radius 2 is 1.92 bits per heavy atom. The van der Waals surface area contributed by atoms with Gasteiger partial charge in [0.05, 0.1) is 16.6 Å². The molecule has 4 unspecified atom stereocenters. The predicted octanol–water partition coefficient (Wildman–Crippen LogP) is 3.33. The van der Waals surface area contributed by atoms with E-state index in [1.54, 1.807) is 28.8 Å². The second-order valence-electron chi connectivity index (χ2n) is 10.7. The van der Waals surface area contributed by atoms with Crippen LogP contribution in [-0.2, 0) is 14.4 Å². The van der Waals surface area contributed by atoms with Gasteiger partial charge in [-0.05, 0) is 38.5 Å². The van der Waals surface area contributed by atoms with Crippen LogP contribution < -0.4 is 0 Å². The highest BCUT2D eigenvalue weighted by molar-refractivity contribution is 8.02. The predicted molar refractivity (Wildman–Crippen MR) is 145 cm³/mol. The Morgan fingerprint density at radius 3 is 2.50 bits per heavy atom. The maximum atomic E-state index is 14.4. The molecular weight excluding hydrogens is 474 g/mol. The summed E-state index contributed by atoms with van der Waals surface area (Å²) >= 11 is 1.71. The van der Waals surface area contributed by atoms with Gasteiger partial charge >= 0.3 is 0 Å². The Hall–Kier alpha value is -1.80. The average Bonchev–Trinajstić information content (AvgIpc) is 3.44. The van der Waals surface area contributed by atoms with Gasteiger partial charge in [0, 0.05) is 44.1 Å². The molecule has 3 aliphatic heterocycles. The molecule has 0 aromatic carbocycles. The molecule has 2 bridgehead atoms. The van der Waals surface area contributed by atoms with Crippen LogP contribution in [-0.4, -0.2) is 92.4 Å². The van der Waals surface area contributed by atoms with Gasteiger partial charge in [0.1, 0.15) is 6.04 Å². The molecule has 36 heavy (non-hydrogen) atoms. The van der Waals surface area contributed by atoms with Crippen molar-refractivity contribution in [1.82, 2.24) is 14.7 Å². The number of carbonyl (C=O) groups excluding carboxylic acids is 3. The van der Waals surface area contributed by atoms with Gasteiger partial charge in [-0.2, -0.15) is 0 Å². The van der Waals surface area contributed by atoms with E-state index in [2.05, 4.69) is 33.9 Å². The third-order valence-electron chi connectivity index (χ3n) is 8.32. The molecule has 0 aromatic heterocycles. The van der Waals surface area contributed by atoms with Crippen molar-refractivity contribution in [2.75, 3.05) is 32.8 Å². The van der Waals surface area contributed by atoms with Gasteiger partial charge in [-0.3, -0.25) is 14.4 Å². The first-order chi connectivity index (χ1) is 17.2. The quantitative estimate of drug-likeness (QED) is 0.356. The molecule has 0 radical (unpaired) electrons. The Labute approximate surface area is 221 Å². The van der Waals surface area contributed by atoms with E-state index in [1.165, 1.54) is 0 Å². The van der Waals surface area contributed by atoms with Crippen LogP contribution in [0.3, 0.4) is 0 Å². The summed E-state index contributed by atoms with van der Waals surface area (Å²) in [4.78, 5) is 47.8. The zero-order valence-corrected chi connectivity index (χ0v) is 23.3. The average molecular weight is 520 g/mol. The summed E-state index contributed by atoms with van der Waals surface area (Å²) in [6.07, 6.45) is 7.37. The lowest BCUT2D eigenvalue weighted by Gasteiger charge is -2.42. The van der Waals surface area contributed by atoms with E-state index in [4.69, 9.17) is 0 Å². The third-order valence-corrected chi connectivity index (χ3v) is 10.4. The first kappa shape index (κ1) is 28.8. The summed E-state index contributed by atoms with van der Waals surface area (Å²) in [5, 5.41) is 9.61.